The van der Waals surface area contributed by atoms with Gasteiger partial charge < -0.3 is 14.9 Å². The number of carboxylic acid groups (broad SMARTS) is 1. The minimum absolute atomic E-state index is 0.0742. The summed E-state index contributed by atoms with van der Waals surface area (Å²) >= 11 is 0. The molecule has 5 nitrogen and oxygen atoms in total. The quantitative estimate of drug-likeness (QED) is 0.224. The summed E-state index contributed by atoms with van der Waals surface area (Å²) in [6, 6.07) is 31.6. The minimum Gasteiger partial charge on any atom is -0.481 e. The lowest BCUT2D eigenvalue weighted by atomic mass is 9.91. The van der Waals surface area contributed by atoms with Crippen LogP contribution in [-0.4, -0.2) is 16.2 Å². The number of aromatic nitrogens is 1. The molecule has 1 aliphatic carbocycles. The summed E-state index contributed by atoms with van der Waals surface area (Å²) in [7, 11) is 0. The SMILES string of the molecule is Cc1noc(-c2ccc(-c3ccc(C4(CC(=O)O)CC4)cc3)cc2)c1NC(C)c1ccc2ccccc2c1. The Labute approximate surface area is 222 Å². The number of anilines is 1. The van der Waals surface area contributed by atoms with Gasteiger partial charge in [0.15, 0.2) is 5.76 Å². The standard InChI is InChI=1S/C33H30N2O3/c1-21(27-12-9-23-5-3-4-6-28(23)19-27)34-31-22(2)35-38-32(31)26-10-7-24(8-11-26)25-13-15-29(16-14-25)33(17-18-33)20-30(36)37/h3-16,19,21,34H,17-18,20H2,1-2H3,(H,36,37). The van der Waals surface area contributed by atoms with E-state index in [9.17, 15) is 9.90 Å². The number of aliphatic carboxylic acids is 1. The van der Waals surface area contributed by atoms with Crippen LogP contribution in [0.1, 0.15) is 49.0 Å². The van der Waals surface area contributed by atoms with E-state index in [1.54, 1.807) is 0 Å². The summed E-state index contributed by atoms with van der Waals surface area (Å²) < 4.78 is 5.77. The number of carboxylic acids is 1. The third-order valence-electron chi connectivity index (χ3n) is 7.82. The molecule has 1 aromatic heterocycles. The fourth-order valence-electron chi connectivity index (χ4n) is 5.35. The van der Waals surface area contributed by atoms with E-state index >= 15 is 0 Å². The molecule has 6 rings (SSSR count). The first-order valence-electron chi connectivity index (χ1n) is 13.1. The Balaban J connectivity index is 1.21. The van der Waals surface area contributed by atoms with Crippen LogP contribution in [0.25, 0.3) is 33.2 Å². The van der Waals surface area contributed by atoms with Crippen molar-refractivity contribution in [3.8, 4) is 22.5 Å². The second-order valence-corrected chi connectivity index (χ2v) is 10.5. The monoisotopic (exact) mass is 502 g/mol. The predicted octanol–water partition coefficient (Wildman–Crippen LogP) is 8.15. The molecule has 0 bridgehead atoms. The molecule has 0 saturated heterocycles. The Bertz CT molecular complexity index is 1610. The zero-order valence-corrected chi connectivity index (χ0v) is 21.6. The topological polar surface area (TPSA) is 75.4 Å². The molecule has 2 N–H and O–H groups in total. The smallest absolute Gasteiger partial charge is 0.304 e. The van der Waals surface area contributed by atoms with Gasteiger partial charge in [0.25, 0.3) is 0 Å². The molecule has 5 heteroatoms. The van der Waals surface area contributed by atoms with Crippen molar-refractivity contribution in [2.75, 3.05) is 5.32 Å². The summed E-state index contributed by atoms with van der Waals surface area (Å²) in [5.74, 6) is -0.00767. The molecule has 1 atom stereocenters. The first-order valence-corrected chi connectivity index (χ1v) is 13.1. The van der Waals surface area contributed by atoms with Gasteiger partial charge >= 0.3 is 5.97 Å². The Morgan fingerprint density at radius 1 is 0.921 bits per heavy atom. The molecule has 1 heterocycles. The second-order valence-electron chi connectivity index (χ2n) is 10.5. The highest BCUT2D eigenvalue weighted by Gasteiger charge is 2.45. The van der Waals surface area contributed by atoms with Gasteiger partial charge in [-0.2, -0.15) is 0 Å². The van der Waals surface area contributed by atoms with Gasteiger partial charge in [0, 0.05) is 17.0 Å². The van der Waals surface area contributed by atoms with Gasteiger partial charge in [0.05, 0.1) is 6.42 Å². The first-order chi connectivity index (χ1) is 18.4. The Kier molecular flexibility index (Phi) is 5.99. The van der Waals surface area contributed by atoms with Gasteiger partial charge in [-0.25, -0.2) is 0 Å². The van der Waals surface area contributed by atoms with Crippen LogP contribution in [-0.2, 0) is 10.2 Å². The number of nitrogens with zero attached hydrogens (tertiary/aromatic N) is 1. The van der Waals surface area contributed by atoms with Crippen molar-refractivity contribution >= 4 is 22.4 Å². The average molecular weight is 503 g/mol. The maximum absolute atomic E-state index is 11.3. The number of aryl methyl sites for hydroxylation is 1. The molecule has 1 fully saturated rings. The molecule has 0 spiro atoms. The first kappa shape index (κ1) is 24.0. The number of fused-ring (bicyclic) bond motifs is 1. The molecular formula is C33H30N2O3. The van der Waals surface area contributed by atoms with Crippen LogP contribution in [0.3, 0.4) is 0 Å². The molecular weight excluding hydrogens is 472 g/mol. The number of hydrogen-bond donors (Lipinski definition) is 2. The van der Waals surface area contributed by atoms with Crippen molar-refractivity contribution in [3.63, 3.8) is 0 Å². The summed E-state index contributed by atoms with van der Waals surface area (Å²) in [6.07, 6.45) is 2.09. The third-order valence-corrected chi connectivity index (χ3v) is 7.82. The number of carbonyl (C=O) groups is 1. The van der Waals surface area contributed by atoms with Crippen LogP contribution < -0.4 is 5.32 Å². The van der Waals surface area contributed by atoms with Gasteiger partial charge in [-0.3, -0.25) is 4.79 Å². The van der Waals surface area contributed by atoms with Crippen LogP contribution >= 0.6 is 0 Å². The van der Waals surface area contributed by atoms with E-state index in [-0.39, 0.29) is 17.9 Å². The van der Waals surface area contributed by atoms with E-state index in [4.69, 9.17) is 4.52 Å². The van der Waals surface area contributed by atoms with Crippen molar-refractivity contribution in [2.24, 2.45) is 0 Å². The predicted molar refractivity (Wildman–Crippen MR) is 151 cm³/mol. The number of benzene rings is 4. The van der Waals surface area contributed by atoms with Crippen molar-refractivity contribution in [1.82, 2.24) is 5.16 Å². The molecule has 1 unspecified atom stereocenters. The average Bonchev–Trinajstić information content (AvgIpc) is 3.63. The molecule has 190 valence electrons. The van der Waals surface area contributed by atoms with Crippen molar-refractivity contribution in [3.05, 3.63) is 108 Å². The Hall–Kier alpha value is -4.38. The molecule has 0 radical (unpaired) electrons. The van der Waals surface area contributed by atoms with E-state index in [0.29, 0.717) is 0 Å². The lowest BCUT2D eigenvalue weighted by Crippen LogP contribution is -2.12. The highest BCUT2D eigenvalue weighted by atomic mass is 16.5. The molecule has 0 amide bonds. The minimum atomic E-state index is -0.731. The van der Waals surface area contributed by atoms with Gasteiger partial charge in [0.2, 0.25) is 0 Å². The summed E-state index contributed by atoms with van der Waals surface area (Å²) in [5, 5.41) is 19.6. The third kappa shape index (κ3) is 4.56. The van der Waals surface area contributed by atoms with Crippen LogP contribution in [0.4, 0.5) is 5.69 Å². The molecule has 1 saturated carbocycles. The molecule has 38 heavy (non-hydrogen) atoms. The van der Waals surface area contributed by atoms with E-state index in [1.165, 1.54) is 16.3 Å². The Morgan fingerprint density at radius 3 is 2.21 bits per heavy atom. The van der Waals surface area contributed by atoms with Gasteiger partial charge in [0.1, 0.15) is 11.4 Å². The van der Waals surface area contributed by atoms with Gasteiger partial charge in [-0.15, -0.1) is 0 Å². The maximum atomic E-state index is 11.3. The summed E-state index contributed by atoms with van der Waals surface area (Å²) in [6.45, 7) is 4.10. The van der Waals surface area contributed by atoms with Crippen molar-refractivity contribution < 1.29 is 14.4 Å². The van der Waals surface area contributed by atoms with E-state index in [2.05, 4.69) is 108 Å². The number of nitrogens with one attached hydrogen (secondary N) is 1. The molecule has 1 aliphatic rings. The molecule has 0 aliphatic heterocycles. The fourth-order valence-corrected chi connectivity index (χ4v) is 5.35. The summed E-state index contributed by atoms with van der Waals surface area (Å²) in [5.41, 5.74) is 7.02. The maximum Gasteiger partial charge on any atom is 0.304 e. The largest absolute Gasteiger partial charge is 0.481 e. The molecule has 4 aromatic carbocycles. The molecule has 5 aromatic rings. The van der Waals surface area contributed by atoms with Crippen LogP contribution in [0, 0.1) is 6.92 Å². The zero-order valence-electron chi connectivity index (χ0n) is 21.6. The zero-order chi connectivity index (χ0) is 26.3. The van der Waals surface area contributed by atoms with Crippen LogP contribution in [0.2, 0.25) is 0 Å². The van der Waals surface area contributed by atoms with E-state index in [1.807, 2.05) is 6.92 Å². The highest BCUT2D eigenvalue weighted by Crippen LogP contribution is 2.51. The van der Waals surface area contributed by atoms with Gasteiger partial charge in [-0.1, -0.05) is 90.1 Å². The summed E-state index contributed by atoms with van der Waals surface area (Å²) in [4.78, 5) is 11.3. The van der Waals surface area contributed by atoms with Crippen LogP contribution in [0.5, 0.6) is 0 Å². The Morgan fingerprint density at radius 2 is 1.55 bits per heavy atom. The fraction of sp³-hybridized carbons (Fsp3) is 0.212. The van der Waals surface area contributed by atoms with Crippen LogP contribution in [0.15, 0.2) is 95.5 Å². The highest BCUT2D eigenvalue weighted by molar-refractivity contribution is 5.83. The lowest BCUT2D eigenvalue weighted by Gasteiger charge is -2.17. The van der Waals surface area contributed by atoms with Crippen molar-refractivity contribution in [2.45, 2.75) is 44.6 Å². The number of rotatable bonds is 8. The number of hydrogen-bond acceptors (Lipinski definition) is 4. The van der Waals surface area contributed by atoms with E-state index < -0.39 is 5.97 Å². The van der Waals surface area contributed by atoms with E-state index in [0.717, 1.165) is 52.2 Å². The van der Waals surface area contributed by atoms with Crippen molar-refractivity contribution in [1.29, 1.82) is 0 Å². The van der Waals surface area contributed by atoms with Gasteiger partial charge in [-0.05, 0) is 65.8 Å². The normalized spacial score (nSPS) is 14.8. The second kappa shape index (κ2) is 9.49. The lowest BCUT2D eigenvalue weighted by molar-refractivity contribution is -0.137.